The van der Waals surface area contributed by atoms with Crippen LogP contribution >= 0.6 is 0 Å². The van der Waals surface area contributed by atoms with Gasteiger partial charge in [-0.15, -0.1) is 0 Å². The van der Waals surface area contributed by atoms with Crippen molar-refractivity contribution < 1.29 is 23.9 Å². The van der Waals surface area contributed by atoms with Gasteiger partial charge in [0.25, 0.3) is 0 Å². The average Bonchev–Trinajstić information content (AvgIpc) is 2.87. The molecule has 10 nitrogen and oxygen atoms in total. The minimum Gasteiger partial charge on any atom is -0.508 e. The number of likely N-dealkylation sites (N-methyl/N-ethyl adjacent to an activating group) is 1. The summed E-state index contributed by atoms with van der Waals surface area (Å²) in [4.78, 5) is 39.0. The van der Waals surface area contributed by atoms with Gasteiger partial charge in [-0.25, -0.2) is 4.39 Å². The zero-order valence-electron chi connectivity index (χ0n) is 21.3. The molecule has 2 aromatic carbocycles. The maximum absolute atomic E-state index is 13.7. The van der Waals surface area contributed by atoms with Gasteiger partial charge in [0.2, 0.25) is 17.7 Å². The molecular formula is C26H37FN6O4. The van der Waals surface area contributed by atoms with Crippen LogP contribution in [0.1, 0.15) is 24.0 Å². The number of aromatic hydroxyl groups is 1. The Morgan fingerprint density at radius 3 is 2.41 bits per heavy atom. The number of amides is 3. The summed E-state index contributed by atoms with van der Waals surface area (Å²) in [6, 6.07) is 7.58. The lowest BCUT2D eigenvalue weighted by Gasteiger charge is -2.25. The number of hydrogen-bond acceptors (Lipinski definition) is 7. The monoisotopic (exact) mass is 516 g/mol. The van der Waals surface area contributed by atoms with Gasteiger partial charge in [-0.1, -0.05) is 12.1 Å². The third-order valence-electron chi connectivity index (χ3n) is 5.88. The molecule has 0 saturated heterocycles. The molecule has 0 spiro atoms. The van der Waals surface area contributed by atoms with Gasteiger partial charge in [0.1, 0.15) is 17.6 Å². The average molecular weight is 517 g/mol. The molecule has 3 amide bonds. The quantitative estimate of drug-likeness (QED) is 0.219. The zero-order valence-corrected chi connectivity index (χ0v) is 21.3. The third-order valence-corrected chi connectivity index (χ3v) is 5.88. The Morgan fingerprint density at radius 1 is 1.08 bits per heavy atom. The third kappa shape index (κ3) is 8.81. The normalized spacial score (nSPS) is 12.5. The van der Waals surface area contributed by atoms with Crippen LogP contribution in [0.3, 0.4) is 0 Å². The first-order valence-electron chi connectivity index (χ1n) is 12.1. The van der Waals surface area contributed by atoms with Gasteiger partial charge in [0, 0.05) is 26.6 Å². The highest BCUT2D eigenvalue weighted by Crippen LogP contribution is 2.28. The van der Waals surface area contributed by atoms with E-state index < -0.39 is 23.9 Å². The summed E-state index contributed by atoms with van der Waals surface area (Å²) in [6.07, 6.45) is 0.743. The molecule has 0 bridgehead atoms. The van der Waals surface area contributed by atoms with E-state index in [1.165, 1.54) is 24.1 Å². The SMILES string of the molecule is Cc1cc(-c2ccc(O)c(C[C@H](N)C(=O)N[C@@H](CCCN)C(=O)N(C)CC(=O)NCCN)c2)ccc1F. The van der Waals surface area contributed by atoms with Crippen molar-refractivity contribution in [1.82, 2.24) is 15.5 Å². The number of phenols is 1. The van der Waals surface area contributed by atoms with Crippen molar-refractivity contribution in [2.75, 3.05) is 33.2 Å². The molecule has 0 unspecified atom stereocenters. The second-order valence-electron chi connectivity index (χ2n) is 8.94. The van der Waals surface area contributed by atoms with Crippen molar-refractivity contribution in [2.45, 2.75) is 38.3 Å². The molecule has 11 heteroatoms. The Hall–Kier alpha value is -3.54. The first-order valence-corrected chi connectivity index (χ1v) is 12.1. The van der Waals surface area contributed by atoms with Crippen molar-refractivity contribution >= 4 is 17.7 Å². The van der Waals surface area contributed by atoms with Crippen LogP contribution in [-0.2, 0) is 20.8 Å². The minimum absolute atomic E-state index is 0.000810. The molecule has 2 atom stereocenters. The molecule has 2 aromatic rings. The second-order valence-corrected chi connectivity index (χ2v) is 8.94. The van der Waals surface area contributed by atoms with Gasteiger partial charge in [-0.3, -0.25) is 14.4 Å². The lowest BCUT2D eigenvalue weighted by molar-refractivity contribution is -0.138. The fourth-order valence-electron chi connectivity index (χ4n) is 3.77. The van der Waals surface area contributed by atoms with Crippen LogP contribution in [0, 0.1) is 12.7 Å². The van der Waals surface area contributed by atoms with E-state index in [1.807, 2.05) is 0 Å². The van der Waals surface area contributed by atoms with E-state index in [1.54, 1.807) is 31.2 Å². The topological polar surface area (TPSA) is 177 Å². The number of nitrogens with zero attached hydrogens (tertiary/aromatic N) is 1. The molecule has 202 valence electrons. The molecule has 0 saturated carbocycles. The van der Waals surface area contributed by atoms with Gasteiger partial charge in [-0.05, 0) is 72.8 Å². The predicted molar refractivity (Wildman–Crippen MR) is 140 cm³/mol. The van der Waals surface area contributed by atoms with Crippen molar-refractivity contribution in [3.05, 3.63) is 53.3 Å². The summed E-state index contributed by atoms with van der Waals surface area (Å²) in [7, 11) is 1.46. The first-order chi connectivity index (χ1) is 17.6. The van der Waals surface area contributed by atoms with Gasteiger partial charge < -0.3 is 37.8 Å². The Bertz CT molecular complexity index is 1100. The van der Waals surface area contributed by atoms with Crippen LogP contribution in [0.4, 0.5) is 4.39 Å². The van der Waals surface area contributed by atoms with Crippen molar-refractivity contribution in [3.8, 4) is 16.9 Å². The van der Waals surface area contributed by atoms with Crippen LogP contribution < -0.4 is 27.8 Å². The van der Waals surface area contributed by atoms with Crippen molar-refractivity contribution in [3.63, 3.8) is 0 Å². The summed E-state index contributed by atoms with van der Waals surface area (Å²) < 4.78 is 13.7. The van der Waals surface area contributed by atoms with E-state index in [0.717, 1.165) is 11.1 Å². The van der Waals surface area contributed by atoms with Gasteiger partial charge >= 0.3 is 0 Å². The molecule has 0 fully saturated rings. The highest BCUT2D eigenvalue weighted by Gasteiger charge is 2.27. The molecule has 37 heavy (non-hydrogen) atoms. The summed E-state index contributed by atoms with van der Waals surface area (Å²) in [6.45, 7) is 2.35. The smallest absolute Gasteiger partial charge is 0.245 e. The zero-order chi connectivity index (χ0) is 27.5. The van der Waals surface area contributed by atoms with E-state index in [9.17, 15) is 23.9 Å². The number of rotatable bonds is 13. The van der Waals surface area contributed by atoms with Gasteiger partial charge in [-0.2, -0.15) is 0 Å². The van der Waals surface area contributed by atoms with Crippen LogP contribution in [-0.4, -0.2) is 73.0 Å². The number of benzene rings is 2. The standard InChI is InChI=1S/C26H37FN6O4/c1-16-12-17(5-7-20(16)27)18-6-8-23(34)19(13-18)14-21(30)25(36)32-22(4-3-9-28)26(37)33(2)15-24(35)31-11-10-29/h5-8,12-13,21-22,34H,3-4,9-11,14-15,28-30H2,1-2H3,(H,31,35)(H,32,36)/t21-,22-/m0/s1. The minimum atomic E-state index is -1.07. The van der Waals surface area contributed by atoms with Crippen molar-refractivity contribution in [1.29, 1.82) is 0 Å². The van der Waals surface area contributed by atoms with Crippen LogP contribution in [0.25, 0.3) is 11.1 Å². The molecule has 0 radical (unpaired) electrons. The lowest BCUT2D eigenvalue weighted by atomic mass is 9.97. The maximum Gasteiger partial charge on any atom is 0.245 e. The Balaban J connectivity index is 2.11. The number of phenolic OH excluding ortho intramolecular Hbond substituents is 1. The van der Waals surface area contributed by atoms with Crippen LogP contribution in [0.5, 0.6) is 5.75 Å². The summed E-state index contributed by atoms with van der Waals surface area (Å²) in [5.41, 5.74) is 19.5. The summed E-state index contributed by atoms with van der Waals surface area (Å²) in [5.74, 6) is -1.76. The number of hydrogen-bond donors (Lipinski definition) is 6. The first kappa shape index (κ1) is 29.7. The molecular weight excluding hydrogens is 479 g/mol. The number of carbonyl (C=O) groups is 3. The fraction of sp³-hybridized carbons (Fsp3) is 0.423. The molecule has 0 heterocycles. The number of carbonyl (C=O) groups excluding carboxylic acids is 3. The fourth-order valence-corrected chi connectivity index (χ4v) is 3.77. The number of nitrogens with one attached hydrogen (secondary N) is 2. The Labute approximate surface area is 216 Å². The number of aryl methyl sites for hydroxylation is 1. The van der Waals surface area contributed by atoms with E-state index in [4.69, 9.17) is 17.2 Å². The molecule has 0 aromatic heterocycles. The Kier molecular flexibility index (Phi) is 11.4. The van der Waals surface area contributed by atoms with Crippen molar-refractivity contribution in [2.24, 2.45) is 17.2 Å². The molecule has 9 N–H and O–H groups in total. The molecule has 0 aliphatic heterocycles. The number of nitrogens with two attached hydrogens (primary N) is 3. The second kappa shape index (κ2) is 14.3. The highest BCUT2D eigenvalue weighted by atomic mass is 19.1. The van der Waals surface area contributed by atoms with Gasteiger partial charge in [0.15, 0.2) is 0 Å². The van der Waals surface area contributed by atoms with Crippen LogP contribution in [0.2, 0.25) is 0 Å². The lowest BCUT2D eigenvalue weighted by Crippen LogP contribution is -2.53. The van der Waals surface area contributed by atoms with E-state index >= 15 is 0 Å². The van der Waals surface area contributed by atoms with Gasteiger partial charge in [0.05, 0.1) is 12.6 Å². The molecule has 0 aliphatic carbocycles. The van der Waals surface area contributed by atoms with E-state index in [-0.39, 0.29) is 49.9 Å². The highest BCUT2D eigenvalue weighted by molar-refractivity contribution is 5.91. The molecule has 0 aliphatic rings. The van der Waals surface area contributed by atoms with E-state index in [0.29, 0.717) is 24.1 Å². The van der Waals surface area contributed by atoms with Crippen LogP contribution in [0.15, 0.2) is 36.4 Å². The summed E-state index contributed by atoms with van der Waals surface area (Å²) in [5, 5.41) is 15.6. The maximum atomic E-state index is 13.7. The molecule has 2 rings (SSSR count). The Morgan fingerprint density at radius 2 is 1.76 bits per heavy atom. The predicted octanol–water partition coefficient (Wildman–Crippen LogP) is 0.134. The summed E-state index contributed by atoms with van der Waals surface area (Å²) >= 11 is 0. The largest absolute Gasteiger partial charge is 0.508 e. The number of halogens is 1. The van der Waals surface area contributed by atoms with E-state index in [2.05, 4.69) is 10.6 Å².